The molecule has 1 heterocycles. The molecule has 7 nitrogen and oxygen atoms in total. The maximum Gasteiger partial charge on any atom is 0.226 e. The van der Waals surface area contributed by atoms with Crippen LogP contribution in [0.25, 0.3) is 0 Å². The van der Waals surface area contributed by atoms with E-state index in [9.17, 15) is 24.6 Å². The molecule has 0 aliphatic carbocycles. The Labute approximate surface area is 134 Å². The van der Waals surface area contributed by atoms with E-state index in [0.29, 0.717) is 12.3 Å². The van der Waals surface area contributed by atoms with Gasteiger partial charge >= 0.3 is 0 Å². The summed E-state index contributed by atoms with van der Waals surface area (Å²) in [6.45, 7) is 6.61. The zero-order valence-corrected chi connectivity index (χ0v) is 14.1. The molecule has 0 saturated carbocycles. The van der Waals surface area contributed by atoms with Crippen LogP contribution in [0.4, 0.5) is 0 Å². The summed E-state index contributed by atoms with van der Waals surface area (Å²) in [7, 11) is 0. The Kier molecular flexibility index (Phi) is 6.39. The third-order valence-corrected chi connectivity index (χ3v) is 4.84. The van der Waals surface area contributed by atoms with E-state index >= 15 is 0 Å². The fourth-order valence-corrected chi connectivity index (χ4v) is 3.41. The third-order valence-electron chi connectivity index (χ3n) is 3.83. The van der Waals surface area contributed by atoms with Crippen LogP contribution in [0.2, 0.25) is 0 Å². The molecule has 4 N–H and O–H groups in total. The fraction of sp³-hybridized carbons (Fsp3) is 0.786. The molecule has 2 amide bonds. The van der Waals surface area contributed by atoms with Gasteiger partial charge in [0.15, 0.2) is 5.54 Å². The van der Waals surface area contributed by atoms with Gasteiger partial charge in [-0.1, -0.05) is 32.5 Å². The zero-order valence-electron chi connectivity index (χ0n) is 13.3. The number of nitrogens with one attached hydrogen (secondary N) is 2. The Morgan fingerprint density at radius 1 is 1.45 bits per heavy atom. The second-order valence-electron chi connectivity index (χ2n) is 5.90. The van der Waals surface area contributed by atoms with E-state index in [1.54, 1.807) is 13.8 Å². The molecule has 0 radical (unpaired) electrons. The van der Waals surface area contributed by atoms with E-state index in [4.69, 9.17) is 0 Å². The van der Waals surface area contributed by atoms with Gasteiger partial charge in [-0.05, 0) is 5.92 Å². The maximum atomic E-state index is 12.6. The lowest BCUT2D eigenvalue weighted by atomic mass is 9.81. The molecular weight excluding hydrogens is 308 g/mol. The van der Waals surface area contributed by atoms with Crippen molar-refractivity contribution >= 4 is 28.7 Å². The average molecular weight is 332 g/mol. The van der Waals surface area contributed by atoms with Crippen LogP contribution in [-0.2, 0) is 14.4 Å². The molecular formula is C14H24N2O5S. The quantitative estimate of drug-likeness (QED) is 0.476. The van der Waals surface area contributed by atoms with Crippen molar-refractivity contribution in [2.75, 3.05) is 12.3 Å². The van der Waals surface area contributed by atoms with Crippen LogP contribution < -0.4 is 10.6 Å². The van der Waals surface area contributed by atoms with Crippen LogP contribution in [0, 0.1) is 11.8 Å². The summed E-state index contributed by atoms with van der Waals surface area (Å²) in [5.74, 6) is -1.45. The molecule has 126 valence electrons. The number of thioether (sulfide) groups is 1. The van der Waals surface area contributed by atoms with Crippen molar-refractivity contribution in [1.82, 2.24) is 10.6 Å². The molecule has 1 aliphatic heterocycles. The maximum absolute atomic E-state index is 12.6. The standard InChI is InChI=1S/C14H24N2O5S/c1-7(2)10(18)14(11(19)8(3)12(20)16-14)13(21)22-6-5-15-9(4)17/h7-8,10-11,18-19H,5-6H2,1-4H3,(H,15,17)(H,16,20)/t8-,10+,11+,14-/m1/s1. The van der Waals surface area contributed by atoms with Crippen LogP contribution in [0.1, 0.15) is 27.7 Å². The van der Waals surface area contributed by atoms with Gasteiger partial charge < -0.3 is 20.8 Å². The average Bonchev–Trinajstić information content (AvgIpc) is 2.67. The second-order valence-corrected chi connectivity index (χ2v) is 6.97. The van der Waals surface area contributed by atoms with E-state index in [1.165, 1.54) is 13.8 Å². The van der Waals surface area contributed by atoms with Crippen molar-refractivity contribution in [3.8, 4) is 0 Å². The number of carbonyl (C=O) groups excluding carboxylic acids is 3. The second kappa shape index (κ2) is 7.43. The summed E-state index contributed by atoms with van der Waals surface area (Å²) in [5, 5.41) is 25.4. The molecule has 0 aromatic rings. The van der Waals surface area contributed by atoms with Gasteiger partial charge in [0.05, 0.1) is 18.1 Å². The summed E-state index contributed by atoms with van der Waals surface area (Å²) in [6, 6.07) is 0. The van der Waals surface area contributed by atoms with Crippen LogP contribution in [0.15, 0.2) is 0 Å². The Bertz CT molecular complexity index is 457. The van der Waals surface area contributed by atoms with Gasteiger partial charge in [0.2, 0.25) is 16.9 Å². The van der Waals surface area contributed by atoms with Gasteiger partial charge in [-0.15, -0.1) is 0 Å². The number of amides is 2. The molecule has 0 aromatic heterocycles. The molecule has 0 bridgehead atoms. The topological polar surface area (TPSA) is 116 Å². The molecule has 0 unspecified atom stereocenters. The molecule has 1 saturated heterocycles. The Morgan fingerprint density at radius 3 is 2.45 bits per heavy atom. The summed E-state index contributed by atoms with van der Waals surface area (Å²) >= 11 is 0.880. The lowest BCUT2D eigenvalue weighted by Crippen LogP contribution is -2.64. The lowest BCUT2D eigenvalue weighted by Gasteiger charge is -2.37. The van der Waals surface area contributed by atoms with Crippen molar-refractivity contribution in [1.29, 1.82) is 0 Å². The summed E-state index contributed by atoms with van der Waals surface area (Å²) < 4.78 is 0. The highest BCUT2D eigenvalue weighted by Crippen LogP contribution is 2.35. The first kappa shape index (κ1) is 18.9. The Morgan fingerprint density at radius 2 is 2.05 bits per heavy atom. The molecule has 22 heavy (non-hydrogen) atoms. The highest BCUT2D eigenvalue weighted by molar-refractivity contribution is 8.13. The molecule has 4 atom stereocenters. The van der Waals surface area contributed by atoms with Gasteiger partial charge in [0, 0.05) is 19.2 Å². The Balaban J connectivity index is 2.90. The van der Waals surface area contributed by atoms with Gasteiger partial charge in [-0.2, -0.15) is 0 Å². The van der Waals surface area contributed by atoms with Crippen LogP contribution in [0.5, 0.6) is 0 Å². The molecule has 1 rings (SSSR count). The third kappa shape index (κ3) is 3.61. The number of carbonyl (C=O) groups is 3. The number of rotatable bonds is 6. The SMILES string of the molecule is CC(=O)NCCSC(=O)[C@]1([C@@H](O)C(C)C)NC(=O)[C@H](C)[C@@H]1O. The van der Waals surface area contributed by atoms with Crippen molar-refractivity contribution in [3.05, 3.63) is 0 Å². The largest absolute Gasteiger partial charge is 0.390 e. The smallest absolute Gasteiger partial charge is 0.226 e. The predicted octanol–water partition coefficient (Wildman–Crippen LogP) is -0.735. The monoisotopic (exact) mass is 332 g/mol. The minimum atomic E-state index is -1.70. The first-order valence-electron chi connectivity index (χ1n) is 7.24. The molecule has 1 aliphatic rings. The van der Waals surface area contributed by atoms with Crippen molar-refractivity contribution in [2.45, 2.75) is 45.4 Å². The van der Waals surface area contributed by atoms with Crippen LogP contribution >= 0.6 is 11.8 Å². The van der Waals surface area contributed by atoms with E-state index in [2.05, 4.69) is 10.6 Å². The summed E-state index contributed by atoms with van der Waals surface area (Å²) in [6.07, 6.45) is -2.49. The number of hydrogen-bond acceptors (Lipinski definition) is 6. The summed E-state index contributed by atoms with van der Waals surface area (Å²) in [5.41, 5.74) is -1.70. The van der Waals surface area contributed by atoms with Crippen molar-refractivity contribution in [2.24, 2.45) is 11.8 Å². The number of aliphatic hydroxyl groups excluding tert-OH is 2. The molecule has 0 aromatic carbocycles. The minimum Gasteiger partial charge on any atom is -0.390 e. The van der Waals surface area contributed by atoms with Crippen LogP contribution in [0.3, 0.4) is 0 Å². The van der Waals surface area contributed by atoms with Crippen LogP contribution in [-0.4, -0.2) is 57.2 Å². The predicted molar refractivity (Wildman–Crippen MR) is 83.0 cm³/mol. The first-order chi connectivity index (χ1) is 10.1. The summed E-state index contributed by atoms with van der Waals surface area (Å²) in [4.78, 5) is 35.2. The highest BCUT2D eigenvalue weighted by Gasteiger charge is 2.60. The van der Waals surface area contributed by atoms with Gasteiger partial charge in [0.25, 0.3) is 0 Å². The Hall–Kier alpha value is -1.12. The fourth-order valence-electron chi connectivity index (χ4n) is 2.49. The van der Waals surface area contributed by atoms with Gasteiger partial charge in [0.1, 0.15) is 0 Å². The lowest BCUT2D eigenvalue weighted by molar-refractivity contribution is -0.131. The normalized spacial score (nSPS) is 29.3. The van der Waals surface area contributed by atoms with E-state index in [-0.39, 0.29) is 11.8 Å². The highest BCUT2D eigenvalue weighted by atomic mass is 32.2. The zero-order chi connectivity index (χ0) is 17.1. The van der Waals surface area contributed by atoms with E-state index in [1.807, 2.05) is 0 Å². The molecule has 8 heteroatoms. The molecule has 0 spiro atoms. The first-order valence-corrected chi connectivity index (χ1v) is 8.23. The van der Waals surface area contributed by atoms with E-state index in [0.717, 1.165) is 11.8 Å². The minimum absolute atomic E-state index is 0.201. The number of aliphatic hydroxyl groups is 2. The van der Waals surface area contributed by atoms with Gasteiger partial charge in [-0.25, -0.2) is 0 Å². The van der Waals surface area contributed by atoms with Crippen molar-refractivity contribution in [3.63, 3.8) is 0 Å². The van der Waals surface area contributed by atoms with E-state index < -0.39 is 34.7 Å². The van der Waals surface area contributed by atoms with Crippen molar-refractivity contribution < 1.29 is 24.6 Å². The molecule has 1 fully saturated rings. The number of hydrogen-bond donors (Lipinski definition) is 4. The van der Waals surface area contributed by atoms with Gasteiger partial charge in [-0.3, -0.25) is 14.4 Å².